The SMILES string of the molecule is CCCc1c(OCCCOc2ccc3c(c2)OC(C)(CCC(=O)N(C)CC(=O)O)CC3C(C)C=O)ccc(C(C)=O)c1O. The second-order valence-electron chi connectivity index (χ2n) is 11.5. The van der Waals surface area contributed by atoms with Crippen molar-refractivity contribution in [2.24, 2.45) is 5.92 Å². The lowest BCUT2D eigenvalue weighted by Gasteiger charge is -2.41. The number of fused-ring (bicyclic) bond motifs is 1. The fourth-order valence-electron chi connectivity index (χ4n) is 5.41. The number of rotatable bonds is 16. The number of carbonyl (C=O) groups is 4. The summed E-state index contributed by atoms with van der Waals surface area (Å²) in [7, 11) is 1.46. The highest BCUT2D eigenvalue weighted by atomic mass is 16.5. The van der Waals surface area contributed by atoms with Crippen molar-refractivity contribution >= 4 is 23.9 Å². The van der Waals surface area contributed by atoms with Crippen LogP contribution in [0.2, 0.25) is 0 Å². The van der Waals surface area contributed by atoms with E-state index in [1.54, 1.807) is 18.2 Å². The molecule has 2 N–H and O–H groups in total. The second kappa shape index (κ2) is 14.9. The monoisotopic (exact) mass is 597 g/mol. The molecule has 0 spiro atoms. The molecule has 0 aromatic heterocycles. The molecule has 2 aromatic carbocycles. The molecule has 3 rings (SSSR count). The third kappa shape index (κ3) is 8.72. The third-order valence-electron chi connectivity index (χ3n) is 7.84. The Balaban J connectivity index is 1.64. The first kappa shape index (κ1) is 33.4. The number of carboxylic acid groups (broad SMARTS) is 1. The number of ketones is 1. The van der Waals surface area contributed by atoms with Crippen LogP contribution >= 0.6 is 0 Å². The summed E-state index contributed by atoms with van der Waals surface area (Å²) in [5.74, 6) is -0.228. The molecule has 2 aromatic rings. The fraction of sp³-hybridized carbons (Fsp3) is 0.515. The van der Waals surface area contributed by atoms with E-state index in [2.05, 4.69) is 0 Å². The van der Waals surface area contributed by atoms with E-state index in [0.717, 1.165) is 18.3 Å². The number of carboxylic acids is 1. The van der Waals surface area contributed by atoms with Crippen molar-refractivity contribution in [1.29, 1.82) is 0 Å². The Kier molecular flexibility index (Phi) is 11.6. The molecular weight excluding hydrogens is 554 g/mol. The molecule has 0 radical (unpaired) electrons. The standard InChI is InChI=1S/C33H43NO9/c1-6-8-26-28(12-11-24(22(3)36)32(26)40)42-16-7-15-41-23-9-10-25-27(21(2)20-35)18-33(4,43-29(25)17-23)14-13-30(37)34(5)19-31(38)39/h9-12,17,20-21,27,40H,6-8,13-16,18-19H2,1-5H3,(H,38,39). The molecule has 0 aliphatic carbocycles. The summed E-state index contributed by atoms with van der Waals surface area (Å²) in [4.78, 5) is 48.2. The Morgan fingerprint density at radius 2 is 1.91 bits per heavy atom. The Hall–Kier alpha value is -4.08. The maximum Gasteiger partial charge on any atom is 0.323 e. The summed E-state index contributed by atoms with van der Waals surface area (Å²) in [5.41, 5.74) is 1.08. The summed E-state index contributed by atoms with van der Waals surface area (Å²) in [6.45, 7) is 7.51. The summed E-state index contributed by atoms with van der Waals surface area (Å²) in [5, 5.41) is 19.5. The Bertz CT molecular complexity index is 1320. The number of likely N-dealkylation sites (N-methyl/N-ethyl adjacent to an activating group) is 1. The number of aromatic hydroxyl groups is 1. The van der Waals surface area contributed by atoms with Gasteiger partial charge >= 0.3 is 5.97 Å². The predicted molar refractivity (Wildman–Crippen MR) is 160 cm³/mol. The number of carbonyl (C=O) groups excluding carboxylic acids is 3. The minimum atomic E-state index is -1.08. The Morgan fingerprint density at radius 1 is 1.19 bits per heavy atom. The van der Waals surface area contributed by atoms with E-state index in [9.17, 15) is 24.3 Å². The largest absolute Gasteiger partial charge is 0.507 e. The smallest absolute Gasteiger partial charge is 0.323 e. The fourth-order valence-corrected chi connectivity index (χ4v) is 5.41. The first-order chi connectivity index (χ1) is 20.4. The Labute approximate surface area is 252 Å². The van der Waals surface area contributed by atoms with Crippen LogP contribution in [0.4, 0.5) is 0 Å². The van der Waals surface area contributed by atoms with Crippen LogP contribution in [0.15, 0.2) is 30.3 Å². The van der Waals surface area contributed by atoms with Gasteiger partial charge in [0.15, 0.2) is 5.78 Å². The highest BCUT2D eigenvalue weighted by molar-refractivity contribution is 5.97. The zero-order valence-electron chi connectivity index (χ0n) is 25.7. The molecule has 43 heavy (non-hydrogen) atoms. The van der Waals surface area contributed by atoms with Gasteiger partial charge in [-0.1, -0.05) is 26.3 Å². The summed E-state index contributed by atoms with van der Waals surface area (Å²) in [6.07, 6.45) is 3.88. The van der Waals surface area contributed by atoms with Gasteiger partial charge in [0.2, 0.25) is 5.91 Å². The summed E-state index contributed by atoms with van der Waals surface area (Å²) < 4.78 is 18.3. The van der Waals surface area contributed by atoms with Crippen LogP contribution in [0.3, 0.4) is 0 Å². The van der Waals surface area contributed by atoms with Crippen LogP contribution in [0, 0.1) is 5.92 Å². The molecule has 1 amide bonds. The molecule has 10 nitrogen and oxygen atoms in total. The lowest BCUT2D eigenvalue weighted by molar-refractivity contribution is -0.143. The van der Waals surface area contributed by atoms with E-state index in [1.165, 1.54) is 18.9 Å². The van der Waals surface area contributed by atoms with E-state index >= 15 is 0 Å². The number of amides is 1. The highest BCUT2D eigenvalue weighted by Gasteiger charge is 2.40. The molecule has 0 bridgehead atoms. The van der Waals surface area contributed by atoms with Gasteiger partial charge in [-0.05, 0) is 56.9 Å². The van der Waals surface area contributed by atoms with E-state index in [-0.39, 0.29) is 47.8 Å². The minimum absolute atomic E-state index is 0.0250. The highest BCUT2D eigenvalue weighted by Crippen LogP contribution is 2.47. The van der Waals surface area contributed by atoms with E-state index in [1.807, 2.05) is 32.9 Å². The number of benzene rings is 2. The Morgan fingerprint density at radius 3 is 2.56 bits per heavy atom. The molecule has 0 saturated heterocycles. The van der Waals surface area contributed by atoms with Gasteiger partial charge < -0.3 is 34.1 Å². The van der Waals surface area contributed by atoms with Gasteiger partial charge in [0.25, 0.3) is 0 Å². The summed E-state index contributed by atoms with van der Waals surface area (Å²) in [6, 6.07) is 8.85. The van der Waals surface area contributed by atoms with Crippen molar-refractivity contribution in [2.75, 3.05) is 26.8 Å². The summed E-state index contributed by atoms with van der Waals surface area (Å²) >= 11 is 0. The van der Waals surface area contributed by atoms with Crippen molar-refractivity contribution in [2.45, 2.75) is 77.7 Å². The number of Topliss-reactive ketones (excluding diaryl/α,β-unsaturated/α-hetero) is 1. The maximum atomic E-state index is 12.5. The zero-order chi connectivity index (χ0) is 31.7. The molecular formula is C33H43NO9. The number of hydrogen-bond acceptors (Lipinski definition) is 8. The number of ether oxygens (including phenoxy) is 3. The molecule has 0 saturated carbocycles. The normalized spacial score (nSPS) is 18.1. The minimum Gasteiger partial charge on any atom is -0.507 e. The van der Waals surface area contributed by atoms with Gasteiger partial charge in [-0.3, -0.25) is 14.4 Å². The zero-order valence-corrected chi connectivity index (χ0v) is 25.7. The van der Waals surface area contributed by atoms with Crippen LogP contribution in [0.5, 0.6) is 23.0 Å². The van der Waals surface area contributed by atoms with E-state index in [4.69, 9.17) is 19.3 Å². The first-order valence-corrected chi connectivity index (χ1v) is 14.7. The van der Waals surface area contributed by atoms with Crippen molar-refractivity contribution in [3.05, 3.63) is 47.0 Å². The van der Waals surface area contributed by atoms with Gasteiger partial charge in [-0.2, -0.15) is 0 Å². The number of nitrogens with zero attached hydrogens (tertiary/aromatic N) is 1. The molecule has 3 atom stereocenters. The van der Waals surface area contributed by atoms with Crippen molar-refractivity contribution < 1.29 is 43.6 Å². The third-order valence-corrected chi connectivity index (χ3v) is 7.84. The molecule has 1 heterocycles. The lowest BCUT2D eigenvalue weighted by atomic mass is 9.75. The predicted octanol–water partition coefficient (Wildman–Crippen LogP) is 5.18. The first-order valence-electron chi connectivity index (χ1n) is 14.7. The van der Waals surface area contributed by atoms with Crippen molar-refractivity contribution in [3.8, 4) is 23.0 Å². The molecule has 0 fully saturated rings. The average Bonchev–Trinajstić information content (AvgIpc) is 2.95. The van der Waals surface area contributed by atoms with Gasteiger partial charge in [0.1, 0.15) is 41.4 Å². The van der Waals surface area contributed by atoms with Gasteiger partial charge in [-0.25, -0.2) is 0 Å². The molecule has 234 valence electrons. The molecule has 10 heteroatoms. The average molecular weight is 598 g/mol. The molecule has 3 unspecified atom stereocenters. The van der Waals surface area contributed by atoms with Crippen molar-refractivity contribution in [1.82, 2.24) is 4.90 Å². The number of phenols is 1. The van der Waals surface area contributed by atoms with Crippen molar-refractivity contribution in [3.63, 3.8) is 0 Å². The van der Waals surface area contributed by atoms with Gasteiger partial charge in [0.05, 0.1) is 18.8 Å². The van der Waals surface area contributed by atoms with Crippen LogP contribution in [0.25, 0.3) is 0 Å². The van der Waals surface area contributed by atoms with Crippen LogP contribution in [-0.4, -0.2) is 71.5 Å². The lowest BCUT2D eigenvalue weighted by Crippen LogP contribution is -2.41. The van der Waals surface area contributed by atoms with Gasteiger partial charge in [-0.15, -0.1) is 0 Å². The molecule has 1 aliphatic rings. The number of hydrogen-bond donors (Lipinski definition) is 2. The van der Waals surface area contributed by atoms with Gasteiger partial charge in [0, 0.05) is 43.4 Å². The number of aliphatic carboxylic acids is 1. The van der Waals surface area contributed by atoms with Crippen LogP contribution in [0.1, 0.15) is 87.2 Å². The number of aldehydes is 1. The molecule has 1 aliphatic heterocycles. The van der Waals surface area contributed by atoms with Crippen LogP contribution < -0.4 is 14.2 Å². The quantitative estimate of drug-likeness (QED) is 0.152. The van der Waals surface area contributed by atoms with Crippen LogP contribution in [-0.2, 0) is 20.8 Å². The number of phenolic OH excluding ortho intramolecular Hbond substituents is 1. The second-order valence-corrected chi connectivity index (χ2v) is 11.5. The van der Waals surface area contributed by atoms with E-state index < -0.39 is 11.6 Å². The van der Waals surface area contributed by atoms with E-state index in [0.29, 0.717) is 61.7 Å². The maximum absolute atomic E-state index is 12.5. The topological polar surface area (TPSA) is 140 Å².